The number of hydrogen-bond donors (Lipinski definition) is 1. The SMILES string of the molecule is C[C@H]1CC(=O)N(Cc2cc(F)c(C(=O)O)cc2Oc2ccc(-c3ccc(C4CCCC4)nn3)cc2)C1. The number of likely N-dealkylation sites (tertiary alicyclic amines) is 1. The molecule has 1 saturated heterocycles. The molecule has 1 saturated carbocycles. The van der Waals surface area contributed by atoms with Crippen LogP contribution in [0.15, 0.2) is 48.5 Å². The van der Waals surface area contributed by atoms with Gasteiger partial charge in [0.1, 0.15) is 17.3 Å². The topological polar surface area (TPSA) is 92.6 Å². The first-order chi connectivity index (χ1) is 17.4. The molecule has 186 valence electrons. The molecule has 2 heterocycles. The Kier molecular flexibility index (Phi) is 6.67. The van der Waals surface area contributed by atoms with Crippen molar-refractivity contribution in [2.24, 2.45) is 5.92 Å². The van der Waals surface area contributed by atoms with Gasteiger partial charge in [-0.05, 0) is 67.3 Å². The molecule has 1 amide bonds. The summed E-state index contributed by atoms with van der Waals surface area (Å²) in [5, 5.41) is 18.2. The monoisotopic (exact) mass is 489 g/mol. The van der Waals surface area contributed by atoms with E-state index < -0.39 is 17.3 Å². The molecule has 1 N–H and O–H groups in total. The molecule has 2 aliphatic rings. The van der Waals surface area contributed by atoms with Crippen molar-refractivity contribution < 1.29 is 23.8 Å². The first kappa shape index (κ1) is 23.9. The van der Waals surface area contributed by atoms with E-state index in [1.54, 1.807) is 17.0 Å². The lowest BCUT2D eigenvalue weighted by atomic mass is 10.0. The number of hydrogen-bond acceptors (Lipinski definition) is 5. The van der Waals surface area contributed by atoms with Gasteiger partial charge in [0.2, 0.25) is 5.91 Å². The molecule has 1 aliphatic carbocycles. The maximum atomic E-state index is 14.5. The van der Waals surface area contributed by atoms with Crippen molar-refractivity contribution in [1.29, 1.82) is 0 Å². The number of carboxylic acid groups (broad SMARTS) is 1. The number of aromatic carboxylic acids is 1. The molecule has 2 aromatic carbocycles. The molecule has 3 aromatic rings. The number of carboxylic acids is 1. The maximum Gasteiger partial charge on any atom is 0.338 e. The van der Waals surface area contributed by atoms with E-state index in [2.05, 4.69) is 10.2 Å². The van der Waals surface area contributed by atoms with Gasteiger partial charge in [-0.3, -0.25) is 4.79 Å². The summed E-state index contributed by atoms with van der Waals surface area (Å²) in [6, 6.07) is 13.5. The number of benzene rings is 2. The summed E-state index contributed by atoms with van der Waals surface area (Å²) in [6.45, 7) is 2.70. The molecular weight excluding hydrogens is 461 g/mol. The van der Waals surface area contributed by atoms with Crippen molar-refractivity contribution in [3.8, 4) is 22.8 Å². The third kappa shape index (κ3) is 5.08. The second-order valence-electron chi connectivity index (χ2n) is 9.78. The Balaban J connectivity index is 1.36. The van der Waals surface area contributed by atoms with Gasteiger partial charge < -0.3 is 14.7 Å². The molecule has 1 atom stereocenters. The van der Waals surface area contributed by atoms with Crippen LogP contribution in [-0.4, -0.2) is 38.6 Å². The van der Waals surface area contributed by atoms with Gasteiger partial charge in [-0.2, -0.15) is 10.2 Å². The lowest BCUT2D eigenvalue weighted by Crippen LogP contribution is -2.25. The molecule has 1 aromatic heterocycles. The van der Waals surface area contributed by atoms with E-state index in [0.717, 1.165) is 23.0 Å². The van der Waals surface area contributed by atoms with E-state index in [1.165, 1.54) is 31.7 Å². The van der Waals surface area contributed by atoms with Crippen LogP contribution in [0.25, 0.3) is 11.3 Å². The minimum absolute atomic E-state index is 0.0134. The van der Waals surface area contributed by atoms with Crippen LogP contribution in [0.1, 0.15) is 66.6 Å². The number of carbonyl (C=O) groups excluding carboxylic acids is 1. The minimum atomic E-state index is -1.38. The number of ether oxygens (including phenoxy) is 1. The summed E-state index contributed by atoms with van der Waals surface area (Å²) in [7, 11) is 0. The fourth-order valence-electron chi connectivity index (χ4n) is 5.06. The summed E-state index contributed by atoms with van der Waals surface area (Å²) in [4.78, 5) is 25.4. The minimum Gasteiger partial charge on any atom is -0.478 e. The van der Waals surface area contributed by atoms with Crippen molar-refractivity contribution in [3.05, 3.63) is 71.2 Å². The van der Waals surface area contributed by atoms with Crippen LogP contribution in [0, 0.1) is 11.7 Å². The summed E-state index contributed by atoms with van der Waals surface area (Å²) < 4.78 is 20.5. The number of aromatic nitrogens is 2. The molecule has 0 spiro atoms. The summed E-state index contributed by atoms with van der Waals surface area (Å²) >= 11 is 0. The number of rotatable bonds is 7. The van der Waals surface area contributed by atoms with Gasteiger partial charge in [0.25, 0.3) is 0 Å². The van der Waals surface area contributed by atoms with E-state index in [-0.39, 0.29) is 24.1 Å². The Hall–Kier alpha value is -3.81. The summed E-state index contributed by atoms with van der Waals surface area (Å²) in [6.07, 6.45) is 5.26. The van der Waals surface area contributed by atoms with Gasteiger partial charge in [0, 0.05) is 36.6 Å². The maximum absolute atomic E-state index is 14.5. The second kappa shape index (κ2) is 10.0. The molecule has 1 aliphatic heterocycles. The Morgan fingerprint density at radius 3 is 2.47 bits per heavy atom. The Labute approximate surface area is 208 Å². The standard InChI is InChI=1S/C28H28FN3O4/c1-17-12-27(33)32(15-17)16-20-13-23(29)22(28(34)35)14-26(20)36-21-8-6-19(7-9-21)25-11-10-24(30-31-25)18-4-2-3-5-18/h6-11,13-14,17-18H,2-5,12,15-16H2,1H3,(H,34,35)/t17-/m0/s1. The third-order valence-corrected chi connectivity index (χ3v) is 6.99. The molecule has 0 unspecified atom stereocenters. The average Bonchev–Trinajstić information content (AvgIpc) is 3.51. The highest BCUT2D eigenvalue weighted by Crippen LogP contribution is 2.34. The zero-order valence-electron chi connectivity index (χ0n) is 20.1. The lowest BCUT2D eigenvalue weighted by molar-refractivity contribution is -0.128. The molecule has 5 rings (SSSR count). The van der Waals surface area contributed by atoms with Gasteiger partial charge >= 0.3 is 5.97 Å². The zero-order valence-corrected chi connectivity index (χ0v) is 20.1. The van der Waals surface area contributed by atoms with Gasteiger partial charge in [0.05, 0.1) is 17.0 Å². The highest BCUT2D eigenvalue weighted by atomic mass is 19.1. The van der Waals surface area contributed by atoms with E-state index in [1.807, 2.05) is 31.2 Å². The van der Waals surface area contributed by atoms with Crippen molar-refractivity contribution >= 4 is 11.9 Å². The molecular formula is C28H28FN3O4. The Bertz CT molecular complexity index is 1270. The van der Waals surface area contributed by atoms with Crippen LogP contribution >= 0.6 is 0 Å². The normalized spacial score (nSPS) is 18.1. The average molecular weight is 490 g/mol. The fraction of sp³-hybridized carbons (Fsp3) is 0.357. The third-order valence-electron chi connectivity index (χ3n) is 6.99. The highest BCUT2D eigenvalue weighted by molar-refractivity contribution is 5.88. The predicted molar refractivity (Wildman–Crippen MR) is 131 cm³/mol. The van der Waals surface area contributed by atoms with Crippen molar-refractivity contribution in [1.82, 2.24) is 15.1 Å². The first-order valence-corrected chi connectivity index (χ1v) is 12.3. The van der Waals surface area contributed by atoms with E-state index >= 15 is 0 Å². The number of halogens is 1. The van der Waals surface area contributed by atoms with Crippen molar-refractivity contribution in [2.75, 3.05) is 6.54 Å². The smallest absolute Gasteiger partial charge is 0.338 e. The van der Waals surface area contributed by atoms with E-state index in [9.17, 15) is 19.1 Å². The predicted octanol–water partition coefficient (Wildman–Crippen LogP) is 5.80. The Morgan fingerprint density at radius 1 is 1.11 bits per heavy atom. The van der Waals surface area contributed by atoms with Crippen LogP contribution in [0.2, 0.25) is 0 Å². The molecule has 0 radical (unpaired) electrons. The quantitative estimate of drug-likeness (QED) is 0.451. The van der Waals surface area contributed by atoms with E-state index in [0.29, 0.717) is 30.2 Å². The lowest BCUT2D eigenvalue weighted by Gasteiger charge is -2.19. The largest absolute Gasteiger partial charge is 0.478 e. The number of amides is 1. The van der Waals surface area contributed by atoms with Crippen molar-refractivity contribution in [3.63, 3.8) is 0 Å². The second-order valence-corrected chi connectivity index (χ2v) is 9.78. The van der Waals surface area contributed by atoms with Gasteiger partial charge in [-0.25, -0.2) is 9.18 Å². The van der Waals surface area contributed by atoms with Crippen LogP contribution in [0.4, 0.5) is 4.39 Å². The summed E-state index contributed by atoms with van der Waals surface area (Å²) in [5.41, 5.74) is 2.59. The highest BCUT2D eigenvalue weighted by Gasteiger charge is 2.28. The van der Waals surface area contributed by atoms with Crippen LogP contribution in [0.5, 0.6) is 11.5 Å². The fourth-order valence-corrected chi connectivity index (χ4v) is 5.06. The molecule has 36 heavy (non-hydrogen) atoms. The Morgan fingerprint density at radius 2 is 1.86 bits per heavy atom. The number of nitrogens with zero attached hydrogens (tertiary/aromatic N) is 3. The first-order valence-electron chi connectivity index (χ1n) is 12.3. The molecule has 8 heteroatoms. The van der Waals surface area contributed by atoms with Gasteiger partial charge in [0.15, 0.2) is 0 Å². The van der Waals surface area contributed by atoms with Crippen LogP contribution < -0.4 is 4.74 Å². The van der Waals surface area contributed by atoms with E-state index in [4.69, 9.17) is 4.74 Å². The molecule has 7 nitrogen and oxygen atoms in total. The van der Waals surface area contributed by atoms with Gasteiger partial charge in [-0.15, -0.1) is 0 Å². The molecule has 0 bridgehead atoms. The number of carbonyl (C=O) groups is 2. The van der Waals surface area contributed by atoms with Crippen molar-refractivity contribution in [2.45, 2.75) is 51.5 Å². The summed E-state index contributed by atoms with van der Waals surface area (Å²) in [5.74, 6) is -0.881. The van der Waals surface area contributed by atoms with Crippen LogP contribution in [0.3, 0.4) is 0 Å². The van der Waals surface area contributed by atoms with Gasteiger partial charge in [-0.1, -0.05) is 19.8 Å². The zero-order chi connectivity index (χ0) is 25.2. The molecule has 2 fully saturated rings. The van der Waals surface area contributed by atoms with Crippen LogP contribution in [-0.2, 0) is 11.3 Å².